The Hall–Kier alpha value is -2.08. The number of carboxylic acid groups (broad SMARTS) is 1. The molecule has 1 amide bonds. The van der Waals surface area contributed by atoms with E-state index in [9.17, 15) is 9.59 Å². The molecule has 1 fully saturated rings. The molecular formula is C12H13NO5. The van der Waals surface area contributed by atoms with Crippen molar-refractivity contribution in [3.05, 3.63) is 24.3 Å². The summed E-state index contributed by atoms with van der Waals surface area (Å²) < 4.78 is 9.87. The number of amides is 1. The van der Waals surface area contributed by atoms with E-state index >= 15 is 0 Å². The minimum absolute atomic E-state index is 0.352. The van der Waals surface area contributed by atoms with E-state index in [4.69, 9.17) is 14.6 Å². The minimum atomic E-state index is -1.09. The van der Waals surface area contributed by atoms with Crippen molar-refractivity contribution in [2.45, 2.75) is 12.1 Å². The van der Waals surface area contributed by atoms with Gasteiger partial charge in [-0.3, -0.25) is 9.69 Å². The molecule has 1 aliphatic heterocycles. The molecule has 6 nitrogen and oxygen atoms in total. The molecule has 6 heteroatoms. The van der Waals surface area contributed by atoms with Gasteiger partial charge in [0.25, 0.3) is 5.91 Å². The summed E-state index contributed by atoms with van der Waals surface area (Å²) in [6.45, 7) is 0. The maximum absolute atomic E-state index is 11.8. The van der Waals surface area contributed by atoms with E-state index in [-0.39, 0.29) is 5.91 Å². The molecule has 1 aromatic carbocycles. The van der Waals surface area contributed by atoms with Crippen molar-refractivity contribution < 1.29 is 24.2 Å². The summed E-state index contributed by atoms with van der Waals surface area (Å²) in [6, 6.07) is 5.64. The summed E-state index contributed by atoms with van der Waals surface area (Å²) in [5.41, 5.74) is 0.515. The van der Waals surface area contributed by atoms with Crippen LogP contribution in [0.2, 0.25) is 0 Å². The van der Waals surface area contributed by atoms with Crippen LogP contribution in [0.4, 0.5) is 5.69 Å². The van der Waals surface area contributed by atoms with E-state index in [1.165, 1.54) is 19.1 Å². The van der Waals surface area contributed by atoms with Gasteiger partial charge in [0.05, 0.1) is 7.11 Å². The Morgan fingerprint density at radius 2 is 1.89 bits per heavy atom. The summed E-state index contributed by atoms with van der Waals surface area (Å²) >= 11 is 0. The molecule has 2 rings (SSSR count). The standard InChI is InChI=1S/C12H13NO5/c1-17-8-5-3-7(4-6-8)13-9(12(15)16)10(18-2)11(13)14/h3-6,9-10H,1-2H3,(H,15,16)/t9-,10+/m1/s1. The highest BCUT2D eigenvalue weighted by atomic mass is 16.5. The Morgan fingerprint density at radius 1 is 1.28 bits per heavy atom. The highest BCUT2D eigenvalue weighted by Crippen LogP contribution is 2.31. The summed E-state index contributed by atoms with van der Waals surface area (Å²) in [6.07, 6.45) is -0.912. The number of ether oxygens (including phenoxy) is 2. The first kappa shape index (κ1) is 12.4. The Morgan fingerprint density at radius 3 is 2.33 bits per heavy atom. The lowest BCUT2D eigenvalue weighted by atomic mass is 9.96. The summed E-state index contributed by atoms with van der Waals surface area (Å²) in [4.78, 5) is 24.1. The van der Waals surface area contributed by atoms with Crippen LogP contribution in [0.15, 0.2) is 24.3 Å². The van der Waals surface area contributed by atoms with Gasteiger partial charge in [0.1, 0.15) is 5.75 Å². The van der Waals surface area contributed by atoms with Gasteiger partial charge < -0.3 is 14.6 Å². The number of carbonyl (C=O) groups is 2. The van der Waals surface area contributed by atoms with Crippen molar-refractivity contribution in [1.82, 2.24) is 0 Å². The Kier molecular flexibility index (Phi) is 3.20. The molecule has 0 spiro atoms. The number of hydrogen-bond acceptors (Lipinski definition) is 4. The van der Waals surface area contributed by atoms with Crippen LogP contribution >= 0.6 is 0 Å². The fraction of sp³-hybridized carbons (Fsp3) is 0.333. The lowest BCUT2D eigenvalue weighted by Crippen LogP contribution is -2.69. The predicted octanol–water partition coefficient (Wildman–Crippen LogP) is 0.510. The van der Waals surface area contributed by atoms with Crippen LogP contribution < -0.4 is 9.64 Å². The third kappa shape index (κ3) is 1.80. The van der Waals surface area contributed by atoms with Crippen LogP contribution in [0.25, 0.3) is 0 Å². The summed E-state index contributed by atoms with van der Waals surface area (Å²) in [5, 5.41) is 9.09. The molecule has 0 radical (unpaired) electrons. The third-order valence-electron chi connectivity index (χ3n) is 2.90. The van der Waals surface area contributed by atoms with Crippen LogP contribution in [-0.2, 0) is 14.3 Å². The van der Waals surface area contributed by atoms with Crippen molar-refractivity contribution >= 4 is 17.6 Å². The molecule has 96 valence electrons. The number of carboxylic acids is 1. The van der Waals surface area contributed by atoms with Gasteiger partial charge in [0.2, 0.25) is 0 Å². The van der Waals surface area contributed by atoms with Gasteiger partial charge in [-0.15, -0.1) is 0 Å². The monoisotopic (exact) mass is 251 g/mol. The van der Waals surface area contributed by atoms with Crippen molar-refractivity contribution in [2.75, 3.05) is 19.1 Å². The van der Waals surface area contributed by atoms with Gasteiger partial charge in [-0.2, -0.15) is 0 Å². The van der Waals surface area contributed by atoms with Crippen LogP contribution in [-0.4, -0.2) is 43.3 Å². The van der Waals surface area contributed by atoms with Gasteiger partial charge in [-0.1, -0.05) is 0 Å². The molecule has 0 saturated carbocycles. The van der Waals surface area contributed by atoms with Gasteiger partial charge >= 0.3 is 5.97 Å². The number of rotatable bonds is 4. The molecular weight excluding hydrogens is 238 g/mol. The molecule has 2 atom stereocenters. The van der Waals surface area contributed by atoms with Gasteiger partial charge in [0.15, 0.2) is 12.1 Å². The maximum Gasteiger partial charge on any atom is 0.330 e. The third-order valence-corrected chi connectivity index (χ3v) is 2.90. The molecule has 18 heavy (non-hydrogen) atoms. The fourth-order valence-electron chi connectivity index (χ4n) is 1.96. The van der Waals surface area contributed by atoms with Crippen molar-refractivity contribution in [3.8, 4) is 5.75 Å². The second kappa shape index (κ2) is 4.66. The molecule has 1 aliphatic rings. The van der Waals surface area contributed by atoms with Crippen LogP contribution in [0, 0.1) is 0 Å². The fourth-order valence-corrected chi connectivity index (χ4v) is 1.96. The van der Waals surface area contributed by atoms with Crippen molar-refractivity contribution in [2.24, 2.45) is 0 Å². The molecule has 1 aromatic rings. The van der Waals surface area contributed by atoms with E-state index in [0.29, 0.717) is 11.4 Å². The molecule has 1 saturated heterocycles. The van der Waals surface area contributed by atoms with E-state index in [2.05, 4.69) is 0 Å². The molecule has 0 bridgehead atoms. The quantitative estimate of drug-likeness (QED) is 0.789. The zero-order chi connectivity index (χ0) is 13.3. The van der Waals surface area contributed by atoms with E-state index in [0.717, 1.165) is 0 Å². The lowest BCUT2D eigenvalue weighted by molar-refractivity contribution is -0.155. The Balaban J connectivity index is 2.26. The van der Waals surface area contributed by atoms with Gasteiger partial charge in [-0.25, -0.2) is 4.79 Å². The van der Waals surface area contributed by atoms with Gasteiger partial charge in [-0.05, 0) is 24.3 Å². The second-order valence-corrected chi connectivity index (χ2v) is 3.85. The van der Waals surface area contributed by atoms with E-state index in [1.54, 1.807) is 24.3 Å². The number of benzene rings is 1. The molecule has 1 heterocycles. The maximum atomic E-state index is 11.8. The zero-order valence-corrected chi connectivity index (χ0v) is 9.99. The van der Waals surface area contributed by atoms with Crippen molar-refractivity contribution in [1.29, 1.82) is 0 Å². The largest absolute Gasteiger partial charge is 0.497 e. The lowest BCUT2D eigenvalue weighted by Gasteiger charge is -2.43. The average molecular weight is 251 g/mol. The molecule has 0 unspecified atom stereocenters. The molecule has 1 N–H and O–H groups in total. The summed E-state index contributed by atoms with van der Waals surface area (Å²) in [7, 11) is 2.86. The predicted molar refractivity (Wildman–Crippen MR) is 62.7 cm³/mol. The highest BCUT2D eigenvalue weighted by molar-refractivity contribution is 6.12. The SMILES string of the molecule is COc1ccc(N2C(=O)[C@@H](OC)[C@@H]2C(=O)O)cc1. The smallest absolute Gasteiger partial charge is 0.330 e. The second-order valence-electron chi connectivity index (χ2n) is 3.85. The number of methoxy groups -OCH3 is 2. The van der Waals surface area contributed by atoms with Gasteiger partial charge in [0, 0.05) is 12.8 Å². The number of carbonyl (C=O) groups excluding carboxylic acids is 1. The number of anilines is 1. The zero-order valence-electron chi connectivity index (χ0n) is 9.99. The molecule has 0 aliphatic carbocycles. The normalized spacial score (nSPS) is 22.6. The number of hydrogen-bond donors (Lipinski definition) is 1. The van der Waals surface area contributed by atoms with Crippen LogP contribution in [0.3, 0.4) is 0 Å². The minimum Gasteiger partial charge on any atom is -0.497 e. The van der Waals surface area contributed by atoms with Crippen LogP contribution in [0.1, 0.15) is 0 Å². The Bertz CT molecular complexity index is 470. The number of β-lactam (4-membered cyclic amide) rings is 1. The topological polar surface area (TPSA) is 76.1 Å². The number of nitrogens with zero attached hydrogens (tertiary/aromatic N) is 1. The Labute approximate surface area is 104 Å². The average Bonchev–Trinajstić information content (AvgIpc) is 2.36. The summed E-state index contributed by atoms with van der Waals surface area (Å²) in [5.74, 6) is -0.797. The van der Waals surface area contributed by atoms with E-state index < -0.39 is 18.1 Å². The van der Waals surface area contributed by atoms with E-state index in [1.807, 2.05) is 0 Å². The molecule has 0 aromatic heterocycles. The van der Waals surface area contributed by atoms with Crippen LogP contribution in [0.5, 0.6) is 5.75 Å². The first-order valence-electron chi connectivity index (χ1n) is 5.33. The first-order chi connectivity index (χ1) is 8.60. The first-order valence-corrected chi connectivity index (χ1v) is 5.33. The van der Waals surface area contributed by atoms with Crippen molar-refractivity contribution in [3.63, 3.8) is 0 Å². The number of aliphatic carboxylic acids is 1. The highest BCUT2D eigenvalue weighted by Gasteiger charge is 2.53.